The molecule has 0 aromatic heterocycles. The van der Waals surface area contributed by atoms with Crippen LogP contribution in [0.2, 0.25) is 0 Å². The van der Waals surface area contributed by atoms with Crippen molar-refractivity contribution in [2.24, 2.45) is 0 Å². The predicted octanol–water partition coefficient (Wildman–Crippen LogP) is 24.9. The lowest BCUT2D eigenvalue weighted by Crippen LogP contribution is -2.45. The summed E-state index contributed by atoms with van der Waals surface area (Å²) in [6, 6.07) is -0.536. The smallest absolute Gasteiger partial charge is 0.305 e. The first kappa shape index (κ1) is 80.9. The number of aliphatic hydroxyl groups excluding tert-OH is 2. The largest absolute Gasteiger partial charge is 0.466 e. The average molecular weight is 1160 g/mol. The minimum Gasteiger partial charge on any atom is -0.466 e. The maximum absolute atomic E-state index is 12.5. The Hall–Kier alpha value is -1.14. The fourth-order valence-corrected chi connectivity index (χ4v) is 12.6. The Morgan fingerprint density at radius 3 is 0.744 bits per heavy atom. The van der Waals surface area contributed by atoms with Crippen LogP contribution in [0.5, 0.6) is 0 Å². The van der Waals surface area contributed by atoms with Crippen LogP contribution in [0, 0.1) is 0 Å². The zero-order valence-electron chi connectivity index (χ0n) is 56.3. The number of carbonyl (C=O) groups is 2. The second-order valence-electron chi connectivity index (χ2n) is 26.7. The second kappa shape index (κ2) is 72.3. The fourth-order valence-electron chi connectivity index (χ4n) is 12.6. The summed E-state index contributed by atoms with van der Waals surface area (Å²) in [5.41, 5.74) is 0. The van der Waals surface area contributed by atoms with Crippen LogP contribution in [-0.2, 0) is 14.3 Å². The minimum atomic E-state index is -0.659. The molecule has 0 radical (unpaired) electrons. The van der Waals surface area contributed by atoms with Crippen molar-refractivity contribution in [3.05, 3.63) is 0 Å². The Morgan fingerprint density at radius 2 is 0.500 bits per heavy atom. The molecule has 1 amide bonds. The van der Waals surface area contributed by atoms with E-state index < -0.39 is 12.1 Å². The summed E-state index contributed by atoms with van der Waals surface area (Å²) in [5.74, 6) is -0.000177. The average Bonchev–Trinajstić information content (AvgIpc) is 3.48. The molecular weight excluding hydrogens is 1010 g/mol. The van der Waals surface area contributed by atoms with Gasteiger partial charge in [-0.25, -0.2) is 0 Å². The molecule has 0 aliphatic rings. The van der Waals surface area contributed by atoms with Crippen molar-refractivity contribution in [2.75, 3.05) is 13.2 Å². The van der Waals surface area contributed by atoms with Gasteiger partial charge in [-0.2, -0.15) is 0 Å². The molecule has 2 atom stereocenters. The molecule has 6 nitrogen and oxygen atoms in total. The highest BCUT2D eigenvalue weighted by Gasteiger charge is 2.20. The second-order valence-corrected chi connectivity index (χ2v) is 26.7. The van der Waals surface area contributed by atoms with Crippen molar-refractivity contribution < 1.29 is 24.5 Å². The molecule has 3 N–H and O–H groups in total. The number of hydrogen-bond donors (Lipinski definition) is 3. The van der Waals surface area contributed by atoms with E-state index in [0.717, 1.165) is 38.5 Å². The molecule has 490 valence electrons. The van der Waals surface area contributed by atoms with E-state index in [1.54, 1.807) is 0 Å². The summed E-state index contributed by atoms with van der Waals surface area (Å²) in [7, 11) is 0. The van der Waals surface area contributed by atoms with Crippen LogP contribution < -0.4 is 5.32 Å². The van der Waals surface area contributed by atoms with Crippen LogP contribution in [0.15, 0.2) is 0 Å². The zero-order chi connectivity index (χ0) is 59.2. The van der Waals surface area contributed by atoms with Gasteiger partial charge in [0.05, 0.1) is 25.4 Å². The molecular formula is C76H151NO5. The number of unbranched alkanes of at least 4 members (excludes halogenated alkanes) is 62. The van der Waals surface area contributed by atoms with Gasteiger partial charge in [0.15, 0.2) is 0 Å². The van der Waals surface area contributed by atoms with E-state index in [4.69, 9.17) is 4.74 Å². The first-order valence-electron chi connectivity index (χ1n) is 38.3. The van der Waals surface area contributed by atoms with Crippen molar-refractivity contribution >= 4 is 11.9 Å². The number of rotatable bonds is 73. The van der Waals surface area contributed by atoms with Gasteiger partial charge in [-0.15, -0.1) is 0 Å². The number of esters is 1. The number of amides is 1. The van der Waals surface area contributed by atoms with E-state index in [-0.39, 0.29) is 18.5 Å². The molecule has 0 aromatic carbocycles. The van der Waals surface area contributed by atoms with Crippen LogP contribution in [0.4, 0.5) is 0 Å². The number of hydrogen-bond acceptors (Lipinski definition) is 5. The Labute approximate surface area is 515 Å². The van der Waals surface area contributed by atoms with E-state index >= 15 is 0 Å². The van der Waals surface area contributed by atoms with Crippen LogP contribution in [0.3, 0.4) is 0 Å². The first-order chi connectivity index (χ1) is 40.5. The van der Waals surface area contributed by atoms with Gasteiger partial charge >= 0.3 is 5.97 Å². The molecule has 0 aromatic rings. The number of ether oxygens (including phenoxy) is 1. The molecule has 0 saturated carbocycles. The lowest BCUT2D eigenvalue weighted by atomic mass is 10.0. The highest BCUT2D eigenvalue weighted by atomic mass is 16.5. The van der Waals surface area contributed by atoms with Crippen molar-refractivity contribution in [3.8, 4) is 0 Å². The normalized spacial score (nSPS) is 12.4. The van der Waals surface area contributed by atoms with Crippen molar-refractivity contribution in [1.82, 2.24) is 5.32 Å². The third-order valence-corrected chi connectivity index (χ3v) is 18.4. The zero-order valence-corrected chi connectivity index (χ0v) is 56.3. The SMILES string of the molecule is CCCCCCCCCCCCCCCCCCCC(O)C(CO)NC(=O)CCCCCCCCCCCCCCCCCCCCCCCCCCCCCCCCCCCCCCCOC(=O)CCCCCCCCCCCCC. The summed E-state index contributed by atoms with van der Waals surface area (Å²) >= 11 is 0. The molecule has 0 bridgehead atoms. The van der Waals surface area contributed by atoms with Gasteiger partial charge in [-0.3, -0.25) is 9.59 Å². The number of aliphatic hydroxyl groups is 2. The van der Waals surface area contributed by atoms with Gasteiger partial charge in [0.2, 0.25) is 5.91 Å². The maximum atomic E-state index is 12.5. The molecule has 0 saturated heterocycles. The van der Waals surface area contributed by atoms with E-state index in [9.17, 15) is 19.8 Å². The Balaban J connectivity index is 3.29. The van der Waals surface area contributed by atoms with Gasteiger partial charge in [0.1, 0.15) is 0 Å². The van der Waals surface area contributed by atoms with Gasteiger partial charge in [-0.05, 0) is 25.7 Å². The first-order valence-corrected chi connectivity index (χ1v) is 38.3. The molecule has 6 heteroatoms. The van der Waals surface area contributed by atoms with E-state index in [0.29, 0.717) is 25.9 Å². The quantitative estimate of drug-likeness (QED) is 0.0417. The fraction of sp³-hybridized carbons (Fsp3) is 0.974. The van der Waals surface area contributed by atoms with Crippen LogP contribution in [-0.4, -0.2) is 47.4 Å². The van der Waals surface area contributed by atoms with Crippen molar-refractivity contribution in [1.29, 1.82) is 0 Å². The third kappa shape index (κ3) is 68.0. The molecule has 0 aliphatic heterocycles. The van der Waals surface area contributed by atoms with Crippen LogP contribution in [0.1, 0.15) is 450 Å². The van der Waals surface area contributed by atoms with Crippen LogP contribution >= 0.6 is 0 Å². The Morgan fingerprint density at radius 1 is 0.293 bits per heavy atom. The highest BCUT2D eigenvalue weighted by molar-refractivity contribution is 5.76. The lowest BCUT2D eigenvalue weighted by Gasteiger charge is -2.22. The summed E-state index contributed by atoms with van der Waals surface area (Å²) < 4.78 is 5.48. The van der Waals surface area contributed by atoms with Gasteiger partial charge < -0.3 is 20.3 Å². The van der Waals surface area contributed by atoms with Crippen LogP contribution in [0.25, 0.3) is 0 Å². The monoisotopic (exact) mass is 1160 g/mol. The van der Waals surface area contributed by atoms with E-state index in [1.807, 2.05) is 0 Å². The molecule has 0 spiro atoms. The summed E-state index contributed by atoms with van der Waals surface area (Å²) in [4.78, 5) is 24.6. The lowest BCUT2D eigenvalue weighted by molar-refractivity contribution is -0.143. The molecule has 0 fully saturated rings. The van der Waals surface area contributed by atoms with E-state index in [1.165, 1.54) is 379 Å². The standard InChI is InChI=1S/C76H151NO5/c1-3-5-7-9-11-13-15-16-17-39-42-45-49-52-56-60-64-68-74(79)73(72-78)77-75(80)69-65-61-57-53-50-46-43-40-37-35-33-31-29-27-25-23-21-19-18-20-22-24-26-28-30-32-34-36-38-41-44-47-51-55-59-63-67-71-82-76(81)70-66-62-58-54-48-14-12-10-8-6-4-2/h73-74,78-79H,3-72H2,1-2H3,(H,77,80). The predicted molar refractivity (Wildman–Crippen MR) is 361 cm³/mol. The number of nitrogens with one attached hydrogen (secondary N) is 1. The maximum Gasteiger partial charge on any atom is 0.305 e. The highest BCUT2D eigenvalue weighted by Crippen LogP contribution is 2.20. The minimum absolute atomic E-state index is 0.0242. The molecule has 0 heterocycles. The molecule has 0 aliphatic carbocycles. The Bertz CT molecular complexity index is 1200. The summed E-state index contributed by atoms with van der Waals surface area (Å²) in [6.45, 7) is 5.00. The van der Waals surface area contributed by atoms with Gasteiger partial charge in [0.25, 0.3) is 0 Å². The van der Waals surface area contributed by atoms with Crippen molar-refractivity contribution in [2.45, 2.75) is 463 Å². The molecule has 0 rings (SSSR count). The molecule has 2 unspecified atom stereocenters. The number of carbonyl (C=O) groups excluding carboxylic acids is 2. The van der Waals surface area contributed by atoms with Crippen molar-refractivity contribution in [3.63, 3.8) is 0 Å². The summed E-state index contributed by atoms with van der Waals surface area (Å²) in [6.07, 6.45) is 89.1. The Kier molecular flexibility index (Phi) is 71.3. The third-order valence-electron chi connectivity index (χ3n) is 18.4. The van der Waals surface area contributed by atoms with E-state index in [2.05, 4.69) is 19.2 Å². The van der Waals surface area contributed by atoms with Gasteiger partial charge in [-0.1, -0.05) is 412 Å². The topological polar surface area (TPSA) is 95.9 Å². The van der Waals surface area contributed by atoms with Gasteiger partial charge in [0, 0.05) is 12.8 Å². The summed E-state index contributed by atoms with van der Waals surface area (Å²) in [5, 5.41) is 23.4. The molecule has 82 heavy (non-hydrogen) atoms.